The van der Waals surface area contributed by atoms with Gasteiger partial charge in [-0.1, -0.05) is 0 Å². The molecule has 2 aliphatic rings. The number of amides is 1. The fourth-order valence-electron chi connectivity index (χ4n) is 4.07. The van der Waals surface area contributed by atoms with E-state index >= 15 is 0 Å². The average Bonchev–Trinajstić information content (AvgIpc) is 3.15. The zero-order valence-corrected chi connectivity index (χ0v) is 18.1. The summed E-state index contributed by atoms with van der Waals surface area (Å²) in [7, 11) is -1.89. The highest BCUT2D eigenvalue weighted by molar-refractivity contribution is 7.89. The molecular formula is C21H23N5O4S. The molecule has 0 spiro atoms. The third-order valence-corrected chi connectivity index (χ3v) is 7.77. The number of carbonyl (C=O) groups excluding carboxylic acids is 1. The van der Waals surface area contributed by atoms with Crippen LogP contribution in [0, 0.1) is 6.92 Å². The molecule has 2 aliphatic heterocycles. The summed E-state index contributed by atoms with van der Waals surface area (Å²) in [6.07, 6.45) is 2.06. The predicted octanol–water partition coefficient (Wildman–Crippen LogP) is 2.10. The van der Waals surface area contributed by atoms with Crippen LogP contribution in [0.4, 0.5) is 11.4 Å². The number of carbonyl (C=O) groups is 1. The maximum atomic E-state index is 13.4. The number of fused-ring (bicyclic) bond motifs is 2. The zero-order valence-electron chi connectivity index (χ0n) is 17.3. The van der Waals surface area contributed by atoms with Gasteiger partial charge in [0.25, 0.3) is 0 Å². The minimum Gasteiger partial charge on any atom is -0.490 e. The number of ether oxygens (including phenoxy) is 1. The fraction of sp³-hybridized carbons (Fsp3) is 0.333. The number of aryl methyl sites for hydroxylation is 1. The van der Waals surface area contributed by atoms with Gasteiger partial charge in [0.1, 0.15) is 23.3 Å². The van der Waals surface area contributed by atoms with E-state index in [2.05, 4.69) is 20.4 Å². The van der Waals surface area contributed by atoms with Crippen LogP contribution in [-0.2, 0) is 14.8 Å². The Morgan fingerprint density at radius 1 is 1.26 bits per heavy atom. The van der Waals surface area contributed by atoms with Gasteiger partial charge in [0.2, 0.25) is 15.9 Å². The fourth-order valence-corrected chi connectivity index (χ4v) is 5.96. The Balaban J connectivity index is 1.39. The van der Waals surface area contributed by atoms with Crippen molar-refractivity contribution in [2.75, 3.05) is 37.0 Å². The Labute approximate surface area is 180 Å². The van der Waals surface area contributed by atoms with Crippen LogP contribution in [0.3, 0.4) is 0 Å². The second kappa shape index (κ2) is 7.24. The number of nitrogens with one attached hydrogen (secondary N) is 2. The first kappa shape index (κ1) is 19.8. The second-order valence-corrected chi connectivity index (χ2v) is 9.82. The number of benzene rings is 2. The van der Waals surface area contributed by atoms with Crippen LogP contribution in [0.2, 0.25) is 0 Å². The van der Waals surface area contributed by atoms with Crippen LogP contribution in [0.25, 0.3) is 10.9 Å². The lowest BCUT2D eigenvalue weighted by atomic mass is 10.1. The first-order valence-electron chi connectivity index (χ1n) is 10.1. The number of hydrogen-bond acceptors (Lipinski definition) is 6. The van der Waals surface area contributed by atoms with Gasteiger partial charge in [-0.3, -0.25) is 9.89 Å². The third-order valence-electron chi connectivity index (χ3n) is 5.84. The Morgan fingerprint density at radius 2 is 2.10 bits per heavy atom. The summed E-state index contributed by atoms with van der Waals surface area (Å²) in [4.78, 5) is 15.1. The lowest BCUT2D eigenvalue weighted by Crippen LogP contribution is -2.56. The van der Waals surface area contributed by atoms with Crippen LogP contribution in [0.1, 0.15) is 12.0 Å². The summed E-state index contributed by atoms with van der Waals surface area (Å²) in [6.45, 7) is 3.51. The van der Waals surface area contributed by atoms with Gasteiger partial charge in [-0.25, -0.2) is 8.42 Å². The normalized spacial score (nSPS) is 18.9. The molecule has 1 amide bonds. The molecule has 3 heterocycles. The van der Waals surface area contributed by atoms with E-state index in [1.54, 1.807) is 18.3 Å². The van der Waals surface area contributed by atoms with Crippen molar-refractivity contribution in [2.24, 2.45) is 0 Å². The number of sulfonamides is 1. The average molecular weight is 442 g/mol. The molecule has 1 fully saturated rings. The highest BCUT2D eigenvalue weighted by Gasteiger charge is 2.43. The molecule has 0 bridgehead atoms. The van der Waals surface area contributed by atoms with E-state index in [1.807, 2.05) is 32.2 Å². The molecule has 5 rings (SSSR count). The van der Waals surface area contributed by atoms with Crippen molar-refractivity contribution >= 4 is 38.2 Å². The molecule has 1 saturated heterocycles. The number of rotatable bonds is 4. The van der Waals surface area contributed by atoms with Gasteiger partial charge in [-0.15, -0.1) is 0 Å². The monoisotopic (exact) mass is 441 g/mol. The van der Waals surface area contributed by atoms with E-state index in [9.17, 15) is 13.2 Å². The Hall–Kier alpha value is -3.11. The minimum atomic E-state index is -3.86. The van der Waals surface area contributed by atoms with Crippen LogP contribution in [-0.4, -0.2) is 61.6 Å². The minimum absolute atomic E-state index is 0.144. The summed E-state index contributed by atoms with van der Waals surface area (Å²) >= 11 is 0. The van der Waals surface area contributed by atoms with Gasteiger partial charge in [0, 0.05) is 24.7 Å². The Morgan fingerprint density at radius 3 is 2.87 bits per heavy atom. The molecule has 2 aromatic carbocycles. The van der Waals surface area contributed by atoms with Gasteiger partial charge in [0.15, 0.2) is 0 Å². The van der Waals surface area contributed by atoms with Crippen LogP contribution < -0.4 is 15.0 Å². The number of nitrogens with zero attached hydrogens (tertiary/aromatic N) is 3. The first-order chi connectivity index (χ1) is 14.8. The molecular weight excluding hydrogens is 418 g/mol. The number of hydrogen-bond donors (Lipinski definition) is 2. The van der Waals surface area contributed by atoms with Crippen LogP contribution in [0.15, 0.2) is 41.4 Å². The van der Waals surface area contributed by atoms with Crippen molar-refractivity contribution in [1.29, 1.82) is 0 Å². The number of anilines is 2. The molecule has 162 valence electrons. The maximum absolute atomic E-state index is 13.4. The lowest BCUT2D eigenvalue weighted by Gasteiger charge is -2.38. The van der Waals surface area contributed by atoms with Crippen molar-refractivity contribution < 1.29 is 17.9 Å². The molecule has 0 radical (unpaired) electrons. The van der Waals surface area contributed by atoms with Crippen molar-refractivity contribution in [1.82, 2.24) is 14.5 Å². The Kier molecular flexibility index (Phi) is 4.63. The van der Waals surface area contributed by atoms with Gasteiger partial charge in [-0.2, -0.15) is 9.40 Å². The first-order valence-corrected chi connectivity index (χ1v) is 11.5. The number of aromatic nitrogens is 2. The van der Waals surface area contributed by atoms with Crippen molar-refractivity contribution in [3.05, 3.63) is 42.1 Å². The zero-order chi connectivity index (χ0) is 21.8. The molecule has 9 nitrogen and oxygen atoms in total. The molecule has 1 unspecified atom stereocenters. The van der Waals surface area contributed by atoms with Crippen molar-refractivity contribution in [2.45, 2.75) is 24.3 Å². The molecule has 10 heteroatoms. The molecule has 0 aliphatic carbocycles. The largest absolute Gasteiger partial charge is 0.490 e. The van der Waals surface area contributed by atoms with Gasteiger partial charge in [-0.05, 0) is 49.2 Å². The molecule has 1 aromatic heterocycles. The van der Waals surface area contributed by atoms with Gasteiger partial charge >= 0.3 is 0 Å². The molecule has 1 atom stereocenters. The second-order valence-electron chi connectivity index (χ2n) is 7.96. The maximum Gasteiger partial charge on any atom is 0.245 e. The van der Waals surface area contributed by atoms with E-state index in [1.165, 1.54) is 4.31 Å². The summed E-state index contributed by atoms with van der Waals surface area (Å²) in [5.74, 6) is 0.422. The topological polar surface area (TPSA) is 108 Å². The highest BCUT2D eigenvalue weighted by Crippen LogP contribution is 2.35. The Bertz CT molecular complexity index is 1290. The van der Waals surface area contributed by atoms with E-state index in [4.69, 9.17) is 4.74 Å². The molecule has 2 N–H and O–H groups in total. The number of H-pyrrole nitrogens is 1. The van der Waals surface area contributed by atoms with Crippen LogP contribution >= 0.6 is 0 Å². The van der Waals surface area contributed by atoms with E-state index in [-0.39, 0.29) is 10.8 Å². The lowest BCUT2D eigenvalue weighted by molar-refractivity contribution is -0.122. The molecule has 0 saturated carbocycles. The SMILES string of the molecule is Cc1cc(S(=O)(=O)N2CCC2C(=O)Nc2ccc3c(c2)N(C)CCO3)c2[nH]ncc2c1. The number of likely N-dealkylation sites (N-methyl/N-ethyl adjacent to an activating group) is 1. The van der Waals surface area contributed by atoms with E-state index in [0.29, 0.717) is 30.8 Å². The van der Waals surface area contributed by atoms with E-state index in [0.717, 1.165) is 28.9 Å². The summed E-state index contributed by atoms with van der Waals surface area (Å²) in [5, 5.41) is 10.3. The summed E-state index contributed by atoms with van der Waals surface area (Å²) < 4.78 is 33.6. The molecule has 3 aromatic rings. The standard InChI is InChI=1S/C21H23N5O4S/c1-13-9-14-12-22-24-20(14)19(10-13)31(28,29)26-6-5-16(26)21(27)23-15-3-4-18-17(11-15)25(2)7-8-30-18/h3-4,9-12,16H,5-8H2,1-2H3,(H,22,24)(H,23,27). The number of aromatic amines is 1. The molecule has 31 heavy (non-hydrogen) atoms. The predicted molar refractivity (Wildman–Crippen MR) is 117 cm³/mol. The van der Waals surface area contributed by atoms with Crippen LogP contribution in [0.5, 0.6) is 5.75 Å². The van der Waals surface area contributed by atoms with Crippen molar-refractivity contribution in [3.63, 3.8) is 0 Å². The highest BCUT2D eigenvalue weighted by atomic mass is 32.2. The quantitative estimate of drug-likeness (QED) is 0.642. The summed E-state index contributed by atoms with van der Waals surface area (Å²) in [6, 6.07) is 8.16. The van der Waals surface area contributed by atoms with Crippen molar-refractivity contribution in [3.8, 4) is 5.75 Å². The third kappa shape index (κ3) is 3.31. The van der Waals surface area contributed by atoms with E-state index < -0.39 is 16.1 Å². The van der Waals surface area contributed by atoms with Gasteiger partial charge < -0.3 is 15.0 Å². The smallest absolute Gasteiger partial charge is 0.245 e. The van der Waals surface area contributed by atoms with Gasteiger partial charge in [0.05, 0.1) is 23.9 Å². The summed E-state index contributed by atoms with van der Waals surface area (Å²) in [5.41, 5.74) is 2.77.